The summed E-state index contributed by atoms with van der Waals surface area (Å²) in [5.41, 5.74) is 0.643. The number of benzene rings is 2. The normalized spacial score (nSPS) is 13.9. The van der Waals surface area contributed by atoms with Gasteiger partial charge in [0.1, 0.15) is 23.7 Å². The molecule has 0 unspecified atom stereocenters. The zero-order valence-electron chi connectivity index (χ0n) is 28.6. The van der Waals surface area contributed by atoms with E-state index in [2.05, 4.69) is 4.98 Å². The van der Waals surface area contributed by atoms with Crippen LogP contribution < -0.4 is 18.9 Å². The van der Waals surface area contributed by atoms with Crippen LogP contribution in [0.1, 0.15) is 70.4 Å². The van der Waals surface area contributed by atoms with Crippen LogP contribution in [-0.4, -0.2) is 61.3 Å². The summed E-state index contributed by atoms with van der Waals surface area (Å²) in [6, 6.07) is 18.7. The Labute approximate surface area is 277 Å². The average Bonchev–Trinajstić information content (AvgIpc) is 3.03. The standard InChI is InChI=1S/C37H47NO9/c1-24(22-31(40)33-35(46-26(3)39)32(43-8)18-20-38-33)36(41)45-25(2)34(47-30-12-10-9-11-13-30)28(19-21-44-37(4,5)6)23-27-14-16-29(42-7)17-15-27/h9-18,20,24-25,28,34H,19,21-23H2,1-8H3/t24-,25+,28-,34+/m1/s1. The maximum atomic E-state index is 13.5. The van der Waals surface area contributed by atoms with E-state index in [1.807, 2.05) is 75.4 Å². The number of rotatable bonds is 17. The van der Waals surface area contributed by atoms with Crippen molar-refractivity contribution in [3.05, 3.63) is 78.1 Å². The van der Waals surface area contributed by atoms with Crippen LogP contribution in [-0.2, 0) is 25.5 Å². The lowest BCUT2D eigenvalue weighted by Crippen LogP contribution is -2.42. The number of carbonyl (C=O) groups is 3. The van der Waals surface area contributed by atoms with Crippen LogP contribution >= 0.6 is 0 Å². The molecular weight excluding hydrogens is 602 g/mol. The molecule has 10 nitrogen and oxygen atoms in total. The van der Waals surface area contributed by atoms with Crippen molar-refractivity contribution in [3.8, 4) is 23.0 Å². The molecular formula is C37H47NO9. The monoisotopic (exact) mass is 649 g/mol. The van der Waals surface area contributed by atoms with Gasteiger partial charge in [-0.25, -0.2) is 4.98 Å². The summed E-state index contributed by atoms with van der Waals surface area (Å²) in [7, 11) is 3.02. The number of ether oxygens (including phenoxy) is 6. The van der Waals surface area contributed by atoms with E-state index in [0.29, 0.717) is 25.2 Å². The van der Waals surface area contributed by atoms with E-state index < -0.39 is 35.8 Å². The van der Waals surface area contributed by atoms with Crippen LogP contribution in [0.4, 0.5) is 0 Å². The number of esters is 2. The molecule has 0 aliphatic heterocycles. The van der Waals surface area contributed by atoms with E-state index in [9.17, 15) is 14.4 Å². The molecule has 2 aromatic carbocycles. The Morgan fingerprint density at radius 1 is 0.872 bits per heavy atom. The van der Waals surface area contributed by atoms with Gasteiger partial charge in [0.2, 0.25) is 5.75 Å². The minimum atomic E-state index is -0.829. The van der Waals surface area contributed by atoms with Gasteiger partial charge in [-0.15, -0.1) is 0 Å². The first-order valence-electron chi connectivity index (χ1n) is 15.7. The molecule has 3 aromatic rings. The van der Waals surface area contributed by atoms with Crippen LogP contribution in [0.3, 0.4) is 0 Å². The van der Waals surface area contributed by atoms with Crippen molar-refractivity contribution >= 4 is 17.7 Å². The molecule has 3 rings (SSSR count). The van der Waals surface area contributed by atoms with Gasteiger partial charge < -0.3 is 28.4 Å². The third kappa shape index (κ3) is 11.7. The third-order valence-corrected chi connectivity index (χ3v) is 7.42. The van der Waals surface area contributed by atoms with Gasteiger partial charge in [0.05, 0.1) is 25.7 Å². The molecule has 0 aliphatic rings. The van der Waals surface area contributed by atoms with Crippen molar-refractivity contribution in [1.29, 1.82) is 0 Å². The van der Waals surface area contributed by atoms with E-state index in [1.165, 1.54) is 26.3 Å². The predicted octanol–water partition coefficient (Wildman–Crippen LogP) is 6.68. The molecule has 0 fully saturated rings. The molecule has 254 valence electrons. The number of carbonyl (C=O) groups excluding carboxylic acids is 3. The molecule has 4 atom stereocenters. The molecule has 0 aliphatic carbocycles. The molecule has 0 radical (unpaired) electrons. The highest BCUT2D eigenvalue weighted by atomic mass is 16.6. The maximum absolute atomic E-state index is 13.5. The summed E-state index contributed by atoms with van der Waals surface area (Å²) in [5.74, 6) is -1.14. The largest absolute Gasteiger partial charge is 0.497 e. The summed E-state index contributed by atoms with van der Waals surface area (Å²) >= 11 is 0. The molecule has 0 bridgehead atoms. The van der Waals surface area contributed by atoms with Crippen molar-refractivity contribution in [2.24, 2.45) is 11.8 Å². The van der Waals surface area contributed by atoms with Crippen molar-refractivity contribution in [1.82, 2.24) is 4.98 Å². The first-order valence-corrected chi connectivity index (χ1v) is 15.7. The Hall–Kier alpha value is -4.44. The smallest absolute Gasteiger partial charge is 0.309 e. The fraction of sp³-hybridized carbons (Fsp3) is 0.459. The minimum Gasteiger partial charge on any atom is -0.497 e. The lowest BCUT2D eigenvalue weighted by Gasteiger charge is -2.33. The number of hydrogen-bond donors (Lipinski definition) is 0. The highest BCUT2D eigenvalue weighted by molar-refractivity contribution is 5.99. The second kappa shape index (κ2) is 17.5. The Morgan fingerprint density at radius 3 is 2.15 bits per heavy atom. The fourth-order valence-electron chi connectivity index (χ4n) is 5.05. The molecule has 0 saturated carbocycles. The van der Waals surface area contributed by atoms with Crippen LogP contribution in [0.2, 0.25) is 0 Å². The Bertz CT molecular complexity index is 1450. The average molecular weight is 650 g/mol. The van der Waals surface area contributed by atoms with Gasteiger partial charge in [-0.1, -0.05) is 37.3 Å². The van der Waals surface area contributed by atoms with E-state index in [-0.39, 0.29) is 35.1 Å². The Balaban J connectivity index is 1.84. The molecule has 47 heavy (non-hydrogen) atoms. The maximum Gasteiger partial charge on any atom is 0.309 e. The van der Waals surface area contributed by atoms with Gasteiger partial charge in [0.15, 0.2) is 17.2 Å². The van der Waals surface area contributed by atoms with Gasteiger partial charge in [-0.3, -0.25) is 14.4 Å². The van der Waals surface area contributed by atoms with E-state index in [1.54, 1.807) is 21.0 Å². The lowest BCUT2D eigenvalue weighted by atomic mass is 9.88. The van der Waals surface area contributed by atoms with Crippen LogP contribution in [0.15, 0.2) is 66.9 Å². The number of Topliss-reactive ketones (excluding diaryl/α,β-unsaturated/α-hetero) is 1. The van der Waals surface area contributed by atoms with Crippen molar-refractivity contribution in [3.63, 3.8) is 0 Å². The molecule has 1 heterocycles. The Morgan fingerprint density at radius 2 is 1.55 bits per heavy atom. The second-order valence-corrected chi connectivity index (χ2v) is 12.4. The van der Waals surface area contributed by atoms with Crippen LogP contribution in [0, 0.1) is 11.8 Å². The van der Waals surface area contributed by atoms with E-state index >= 15 is 0 Å². The summed E-state index contributed by atoms with van der Waals surface area (Å²) in [5, 5.41) is 0. The molecule has 1 aromatic heterocycles. The van der Waals surface area contributed by atoms with Crippen molar-refractivity contribution in [2.45, 2.75) is 78.6 Å². The lowest BCUT2D eigenvalue weighted by molar-refractivity contribution is -0.159. The highest BCUT2D eigenvalue weighted by Gasteiger charge is 2.34. The van der Waals surface area contributed by atoms with Gasteiger partial charge in [-0.05, 0) is 70.4 Å². The van der Waals surface area contributed by atoms with E-state index in [0.717, 1.165) is 11.3 Å². The van der Waals surface area contributed by atoms with Gasteiger partial charge in [0.25, 0.3) is 0 Å². The van der Waals surface area contributed by atoms with Gasteiger partial charge in [-0.2, -0.15) is 0 Å². The predicted molar refractivity (Wildman–Crippen MR) is 177 cm³/mol. The fourth-order valence-corrected chi connectivity index (χ4v) is 5.05. The number of nitrogens with zero attached hydrogens (tertiary/aromatic N) is 1. The number of para-hydroxylation sites is 1. The molecule has 0 saturated heterocycles. The van der Waals surface area contributed by atoms with Crippen LogP contribution in [0.25, 0.3) is 0 Å². The van der Waals surface area contributed by atoms with E-state index in [4.69, 9.17) is 28.4 Å². The number of pyridine rings is 1. The number of aromatic nitrogens is 1. The number of methoxy groups -OCH3 is 2. The van der Waals surface area contributed by atoms with Gasteiger partial charge >= 0.3 is 11.9 Å². The Kier molecular flexibility index (Phi) is 13.8. The second-order valence-electron chi connectivity index (χ2n) is 12.4. The summed E-state index contributed by atoms with van der Waals surface area (Å²) < 4.78 is 34.5. The number of ketones is 1. The van der Waals surface area contributed by atoms with Crippen molar-refractivity contribution < 1.29 is 42.8 Å². The topological polar surface area (TPSA) is 119 Å². The number of hydrogen-bond acceptors (Lipinski definition) is 10. The third-order valence-electron chi connectivity index (χ3n) is 7.42. The minimum absolute atomic E-state index is 0.0865. The zero-order valence-corrected chi connectivity index (χ0v) is 28.6. The summed E-state index contributed by atoms with van der Waals surface area (Å²) in [6.07, 6.45) is 1.18. The van der Waals surface area contributed by atoms with Crippen LogP contribution in [0.5, 0.6) is 23.0 Å². The van der Waals surface area contributed by atoms with Crippen molar-refractivity contribution in [2.75, 3.05) is 20.8 Å². The SMILES string of the molecule is COc1ccc(C[C@@H](CCOC(C)(C)C)[C@@H](Oc2ccccc2)[C@H](C)OC(=O)[C@H](C)CC(=O)c2nccc(OC)c2OC(C)=O)cc1. The quantitative estimate of drug-likeness (QED) is 0.116. The molecule has 10 heteroatoms. The molecule has 0 amide bonds. The first-order chi connectivity index (χ1) is 22.3. The summed E-state index contributed by atoms with van der Waals surface area (Å²) in [6.45, 7) is 11.1. The highest BCUT2D eigenvalue weighted by Crippen LogP contribution is 2.32. The summed E-state index contributed by atoms with van der Waals surface area (Å²) in [4.78, 5) is 42.6. The van der Waals surface area contributed by atoms with Gasteiger partial charge in [0, 0.05) is 38.1 Å². The molecule has 0 N–H and O–H groups in total. The first kappa shape index (κ1) is 37.0. The zero-order chi connectivity index (χ0) is 34.6. The molecule has 0 spiro atoms.